The highest BCUT2D eigenvalue weighted by atomic mass is 79.9. The molecule has 2 aromatic rings. The summed E-state index contributed by atoms with van der Waals surface area (Å²) >= 11 is 3.22. The molecule has 4 nitrogen and oxygen atoms in total. The highest BCUT2D eigenvalue weighted by Gasteiger charge is 2.25. The topological polar surface area (TPSA) is 46.6 Å². The van der Waals surface area contributed by atoms with Crippen LogP contribution in [0.25, 0.3) is 0 Å². The number of ether oxygens (including phenoxy) is 1. The van der Waals surface area contributed by atoms with E-state index in [1.165, 1.54) is 32.4 Å². The molecule has 0 aromatic heterocycles. The minimum Gasteiger partial charge on any atom is -0.495 e. The number of rotatable bonds is 5. The molecule has 2 aromatic carbocycles. The summed E-state index contributed by atoms with van der Waals surface area (Å²) in [7, 11) is -1.13. The summed E-state index contributed by atoms with van der Waals surface area (Å²) in [5.41, 5.74) is 0.337. The van der Waals surface area contributed by atoms with E-state index < -0.39 is 21.7 Å². The van der Waals surface area contributed by atoms with Gasteiger partial charge < -0.3 is 4.74 Å². The molecular formula is C15H14BrF2NO3S. The van der Waals surface area contributed by atoms with Crippen molar-refractivity contribution in [3.63, 3.8) is 0 Å². The zero-order chi connectivity index (χ0) is 17.2. The smallest absolute Gasteiger partial charge is 0.246 e. The second kappa shape index (κ2) is 6.94. The molecule has 23 heavy (non-hydrogen) atoms. The van der Waals surface area contributed by atoms with Crippen molar-refractivity contribution in [1.29, 1.82) is 0 Å². The Bertz CT molecular complexity index is 827. The number of hydrogen-bond acceptors (Lipinski definition) is 3. The SMILES string of the molecule is COc1ccc(Br)cc1S(=O)(=O)N(C)Cc1ccc(F)c(F)c1. The Morgan fingerprint density at radius 3 is 2.43 bits per heavy atom. The molecule has 0 radical (unpaired) electrons. The van der Waals surface area contributed by atoms with Gasteiger partial charge in [-0.3, -0.25) is 0 Å². The second-order valence-electron chi connectivity index (χ2n) is 4.80. The summed E-state index contributed by atoms with van der Waals surface area (Å²) in [6.45, 7) is -0.102. The summed E-state index contributed by atoms with van der Waals surface area (Å²) in [6.07, 6.45) is 0. The molecule has 0 saturated heterocycles. The van der Waals surface area contributed by atoms with Crippen molar-refractivity contribution >= 4 is 26.0 Å². The number of nitrogens with zero attached hydrogens (tertiary/aromatic N) is 1. The van der Waals surface area contributed by atoms with Crippen LogP contribution in [0.2, 0.25) is 0 Å². The predicted molar refractivity (Wildman–Crippen MR) is 85.7 cm³/mol. The summed E-state index contributed by atoms with van der Waals surface area (Å²) < 4.78 is 58.3. The first-order chi connectivity index (χ1) is 10.8. The predicted octanol–water partition coefficient (Wildman–Crippen LogP) is 3.56. The zero-order valence-electron chi connectivity index (χ0n) is 12.4. The first-order valence-electron chi connectivity index (χ1n) is 6.49. The monoisotopic (exact) mass is 405 g/mol. The Hall–Kier alpha value is -1.51. The fourth-order valence-electron chi connectivity index (χ4n) is 2.00. The van der Waals surface area contributed by atoms with Gasteiger partial charge in [-0.2, -0.15) is 4.31 Å². The molecule has 0 bridgehead atoms. The molecule has 0 saturated carbocycles. The number of halogens is 3. The maximum atomic E-state index is 13.3. The van der Waals surface area contributed by atoms with E-state index in [1.54, 1.807) is 6.07 Å². The van der Waals surface area contributed by atoms with E-state index in [4.69, 9.17) is 4.74 Å². The van der Waals surface area contributed by atoms with Gasteiger partial charge in [0.2, 0.25) is 10.0 Å². The van der Waals surface area contributed by atoms with Gasteiger partial charge in [-0.1, -0.05) is 22.0 Å². The maximum absolute atomic E-state index is 13.3. The van der Waals surface area contributed by atoms with Crippen molar-refractivity contribution in [1.82, 2.24) is 4.31 Å². The minimum atomic E-state index is -3.86. The van der Waals surface area contributed by atoms with Gasteiger partial charge in [0, 0.05) is 18.1 Å². The molecule has 0 heterocycles. The van der Waals surface area contributed by atoms with E-state index >= 15 is 0 Å². The average molecular weight is 406 g/mol. The standard InChI is InChI=1S/C15H14BrF2NO3S/c1-19(9-10-3-5-12(17)13(18)7-10)23(20,21)15-8-11(16)4-6-14(15)22-2/h3-8H,9H2,1-2H3. The van der Waals surface area contributed by atoms with Crippen LogP contribution in [0.4, 0.5) is 8.78 Å². The lowest BCUT2D eigenvalue weighted by atomic mass is 10.2. The molecule has 0 spiro atoms. The van der Waals surface area contributed by atoms with E-state index in [0.717, 1.165) is 16.4 Å². The third-order valence-electron chi connectivity index (χ3n) is 3.20. The highest BCUT2D eigenvalue weighted by Crippen LogP contribution is 2.30. The van der Waals surface area contributed by atoms with Gasteiger partial charge in [-0.15, -0.1) is 0 Å². The van der Waals surface area contributed by atoms with Crippen molar-refractivity contribution in [2.45, 2.75) is 11.4 Å². The van der Waals surface area contributed by atoms with Crippen molar-refractivity contribution in [2.75, 3.05) is 14.2 Å². The van der Waals surface area contributed by atoms with Crippen molar-refractivity contribution < 1.29 is 21.9 Å². The van der Waals surface area contributed by atoms with E-state index in [2.05, 4.69) is 15.9 Å². The van der Waals surface area contributed by atoms with E-state index in [9.17, 15) is 17.2 Å². The van der Waals surface area contributed by atoms with Gasteiger partial charge in [0.25, 0.3) is 0 Å². The van der Waals surface area contributed by atoms with Gasteiger partial charge in [-0.25, -0.2) is 17.2 Å². The minimum absolute atomic E-state index is 0.0144. The number of benzene rings is 2. The Kier molecular flexibility index (Phi) is 5.38. The molecule has 8 heteroatoms. The van der Waals surface area contributed by atoms with Gasteiger partial charge in [0.1, 0.15) is 10.6 Å². The Balaban J connectivity index is 2.35. The fourth-order valence-corrected chi connectivity index (χ4v) is 3.85. The number of sulfonamides is 1. The first-order valence-corrected chi connectivity index (χ1v) is 8.73. The molecular weight excluding hydrogens is 392 g/mol. The van der Waals surface area contributed by atoms with Gasteiger partial charge in [0.05, 0.1) is 7.11 Å². The quantitative estimate of drug-likeness (QED) is 0.763. The van der Waals surface area contributed by atoms with Crippen LogP contribution in [0, 0.1) is 11.6 Å². The van der Waals surface area contributed by atoms with Crippen LogP contribution in [0.3, 0.4) is 0 Å². The molecule has 0 atom stereocenters. The van der Waals surface area contributed by atoms with Crippen LogP contribution in [0.15, 0.2) is 45.8 Å². The van der Waals surface area contributed by atoms with Gasteiger partial charge in [0.15, 0.2) is 11.6 Å². The van der Waals surface area contributed by atoms with E-state index in [-0.39, 0.29) is 17.2 Å². The largest absolute Gasteiger partial charge is 0.495 e. The van der Waals surface area contributed by atoms with Crippen LogP contribution in [-0.4, -0.2) is 26.9 Å². The summed E-state index contributed by atoms with van der Waals surface area (Å²) in [5, 5.41) is 0. The molecule has 0 aliphatic rings. The van der Waals surface area contributed by atoms with Crippen LogP contribution in [0.1, 0.15) is 5.56 Å². The molecule has 0 fully saturated rings. The molecule has 0 unspecified atom stereocenters. The van der Waals surface area contributed by atoms with Gasteiger partial charge in [-0.05, 0) is 35.9 Å². The molecule has 0 aliphatic heterocycles. The Labute approximate surface area is 141 Å². The average Bonchev–Trinajstić information content (AvgIpc) is 2.50. The molecule has 2 rings (SSSR count). The van der Waals surface area contributed by atoms with E-state index in [0.29, 0.717) is 10.0 Å². The third-order valence-corrected chi connectivity index (χ3v) is 5.52. The molecule has 124 valence electrons. The maximum Gasteiger partial charge on any atom is 0.246 e. The first kappa shape index (κ1) is 17.8. The second-order valence-corrected chi connectivity index (χ2v) is 7.73. The highest BCUT2D eigenvalue weighted by molar-refractivity contribution is 9.10. The van der Waals surface area contributed by atoms with Crippen LogP contribution >= 0.6 is 15.9 Å². The molecule has 0 N–H and O–H groups in total. The third kappa shape index (κ3) is 3.88. The van der Waals surface area contributed by atoms with Crippen LogP contribution < -0.4 is 4.74 Å². The lowest BCUT2D eigenvalue weighted by molar-refractivity contribution is 0.397. The number of methoxy groups -OCH3 is 1. The lowest BCUT2D eigenvalue weighted by Gasteiger charge is -2.19. The Morgan fingerprint density at radius 2 is 1.83 bits per heavy atom. The van der Waals surface area contributed by atoms with Crippen molar-refractivity contribution in [3.05, 3.63) is 58.1 Å². The van der Waals surface area contributed by atoms with Crippen molar-refractivity contribution in [2.24, 2.45) is 0 Å². The lowest BCUT2D eigenvalue weighted by Crippen LogP contribution is -2.27. The molecule has 0 amide bonds. The van der Waals surface area contributed by atoms with Crippen molar-refractivity contribution in [3.8, 4) is 5.75 Å². The molecule has 0 aliphatic carbocycles. The van der Waals surface area contributed by atoms with Crippen LogP contribution in [-0.2, 0) is 16.6 Å². The number of hydrogen-bond donors (Lipinski definition) is 0. The zero-order valence-corrected chi connectivity index (χ0v) is 14.8. The van der Waals surface area contributed by atoms with Gasteiger partial charge >= 0.3 is 0 Å². The van der Waals surface area contributed by atoms with Crippen LogP contribution in [0.5, 0.6) is 5.75 Å². The fraction of sp³-hybridized carbons (Fsp3) is 0.200. The Morgan fingerprint density at radius 1 is 1.13 bits per heavy atom. The summed E-state index contributed by atoms with van der Waals surface area (Å²) in [4.78, 5) is -0.0144. The summed E-state index contributed by atoms with van der Waals surface area (Å²) in [6, 6.07) is 7.89. The normalized spacial score (nSPS) is 11.7. The summed E-state index contributed by atoms with van der Waals surface area (Å²) in [5.74, 6) is -1.80. The van der Waals surface area contributed by atoms with E-state index in [1.807, 2.05) is 0 Å².